The lowest BCUT2D eigenvalue weighted by Gasteiger charge is -2.19. The standard InChI is InChI=1S/C13H12ClN.ClH/c1-2-8-4-11-9-3-10(7-15-6-9)12(11)5-13(8)14;/h1,4-5,9-10,15H,3,6-7H2;1H. The Kier molecular flexibility index (Phi) is 3.17. The number of rotatable bonds is 0. The minimum Gasteiger partial charge on any atom is -0.316 e. The third kappa shape index (κ3) is 1.62. The summed E-state index contributed by atoms with van der Waals surface area (Å²) in [4.78, 5) is 0. The highest BCUT2D eigenvalue weighted by molar-refractivity contribution is 6.31. The third-order valence-corrected chi connectivity index (χ3v) is 3.87. The first kappa shape index (κ1) is 11.8. The van der Waals surface area contributed by atoms with E-state index in [1.165, 1.54) is 17.5 Å². The molecular formula is C13H13Cl2N. The number of benzene rings is 1. The van der Waals surface area contributed by atoms with Gasteiger partial charge in [-0.05, 0) is 41.5 Å². The van der Waals surface area contributed by atoms with Crippen molar-refractivity contribution in [1.29, 1.82) is 0 Å². The Labute approximate surface area is 107 Å². The lowest BCUT2D eigenvalue weighted by Crippen LogP contribution is -2.28. The number of terminal acetylenes is 1. The molecule has 16 heavy (non-hydrogen) atoms. The van der Waals surface area contributed by atoms with Crippen LogP contribution in [0.1, 0.15) is 34.9 Å². The van der Waals surface area contributed by atoms with E-state index < -0.39 is 0 Å². The Morgan fingerprint density at radius 1 is 1.25 bits per heavy atom. The molecule has 2 atom stereocenters. The average molecular weight is 254 g/mol. The van der Waals surface area contributed by atoms with Gasteiger partial charge in [-0.1, -0.05) is 17.5 Å². The molecule has 0 amide bonds. The van der Waals surface area contributed by atoms with E-state index in [0.29, 0.717) is 11.8 Å². The predicted octanol–water partition coefficient (Wildman–Crippen LogP) is 2.92. The van der Waals surface area contributed by atoms with Gasteiger partial charge in [0, 0.05) is 18.7 Å². The van der Waals surface area contributed by atoms with Crippen LogP contribution in [0.5, 0.6) is 0 Å². The van der Waals surface area contributed by atoms with Crippen molar-refractivity contribution in [2.45, 2.75) is 18.3 Å². The van der Waals surface area contributed by atoms with Crippen molar-refractivity contribution in [3.8, 4) is 12.3 Å². The molecule has 3 rings (SSSR count). The SMILES string of the molecule is C#Cc1cc2c(cc1Cl)C1CNCC2C1.Cl. The topological polar surface area (TPSA) is 12.0 Å². The van der Waals surface area contributed by atoms with Crippen LogP contribution >= 0.6 is 24.0 Å². The highest BCUT2D eigenvalue weighted by Gasteiger charge is 2.34. The van der Waals surface area contributed by atoms with E-state index in [-0.39, 0.29) is 12.4 Å². The summed E-state index contributed by atoms with van der Waals surface area (Å²) in [6, 6.07) is 4.18. The van der Waals surface area contributed by atoms with Crippen LogP contribution in [-0.2, 0) is 0 Å². The van der Waals surface area contributed by atoms with E-state index in [9.17, 15) is 0 Å². The molecule has 3 heteroatoms. The molecule has 1 aromatic rings. The smallest absolute Gasteiger partial charge is 0.0565 e. The molecule has 0 aromatic heterocycles. The Morgan fingerprint density at radius 3 is 2.50 bits per heavy atom. The maximum atomic E-state index is 6.14. The molecule has 84 valence electrons. The fourth-order valence-electron chi connectivity index (χ4n) is 2.84. The Morgan fingerprint density at radius 2 is 1.88 bits per heavy atom. The predicted molar refractivity (Wildman–Crippen MR) is 69.6 cm³/mol. The van der Waals surface area contributed by atoms with Crippen molar-refractivity contribution >= 4 is 24.0 Å². The van der Waals surface area contributed by atoms with E-state index in [4.69, 9.17) is 18.0 Å². The quantitative estimate of drug-likeness (QED) is 0.702. The first-order valence-electron chi connectivity index (χ1n) is 5.30. The van der Waals surface area contributed by atoms with Crippen molar-refractivity contribution < 1.29 is 0 Å². The summed E-state index contributed by atoms with van der Waals surface area (Å²) in [7, 11) is 0. The Balaban J connectivity index is 0.000000963. The summed E-state index contributed by atoms with van der Waals surface area (Å²) in [5, 5.41) is 4.18. The number of piperidine rings is 1. The molecule has 1 N–H and O–H groups in total. The van der Waals surface area contributed by atoms with Crippen molar-refractivity contribution in [2.24, 2.45) is 0 Å². The molecule has 1 fully saturated rings. The molecule has 1 nitrogen and oxygen atoms in total. The highest BCUT2D eigenvalue weighted by atomic mass is 35.5. The summed E-state index contributed by atoms with van der Waals surface area (Å²) in [6.07, 6.45) is 6.69. The van der Waals surface area contributed by atoms with E-state index in [0.717, 1.165) is 23.7 Å². The summed E-state index contributed by atoms with van der Waals surface area (Å²) >= 11 is 6.14. The summed E-state index contributed by atoms with van der Waals surface area (Å²) in [5.41, 5.74) is 3.67. The van der Waals surface area contributed by atoms with Gasteiger partial charge in [-0.2, -0.15) is 0 Å². The van der Waals surface area contributed by atoms with Crippen LogP contribution in [0.2, 0.25) is 5.02 Å². The number of hydrogen-bond acceptors (Lipinski definition) is 1. The van der Waals surface area contributed by atoms with Crippen LogP contribution in [-0.4, -0.2) is 13.1 Å². The first-order chi connectivity index (χ1) is 7.29. The molecular weight excluding hydrogens is 241 g/mol. The summed E-state index contributed by atoms with van der Waals surface area (Å²) < 4.78 is 0. The summed E-state index contributed by atoms with van der Waals surface area (Å²) in [6.45, 7) is 2.16. The van der Waals surface area contributed by atoms with E-state index in [1.807, 2.05) is 0 Å². The van der Waals surface area contributed by atoms with Crippen molar-refractivity contribution in [3.05, 3.63) is 33.8 Å². The monoisotopic (exact) mass is 253 g/mol. The fourth-order valence-corrected chi connectivity index (χ4v) is 3.07. The number of fused-ring (bicyclic) bond motifs is 5. The maximum absolute atomic E-state index is 6.14. The van der Waals surface area contributed by atoms with E-state index in [1.54, 1.807) is 0 Å². The maximum Gasteiger partial charge on any atom is 0.0565 e. The zero-order valence-corrected chi connectivity index (χ0v) is 10.4. The molecule has 0 spiro atoms. The number of hydrogen-bond donors (Lipinski definition) is 1. The molecule has 2 unspecified atom stereocenters. The van der Waals surface area contributed by atoms with Gasteiger partial charge in [0.25, 0.3) is 0 Å². The van der Waals surface area contributed by atoms with Crippen LogP contribution in [0.25, 0.3) is 0 Å². The summed E-state index contributed by atoms with van der Waals surface area (Å²) in [5.74, 6) is 3.94. The lowest BCUT2D eigenvalue weighted by atomic mass is 9.98. The van der Waals surface area contributed by atoms with Crippen molar-refractivity contribution in [2.75, 3.05) is 13.1 Å². The normalized spacial score (nSPS) is 25.5. The van der Waals surface area contributed by atoms with Gasteiger partial charge in [0.15, 0.2) is 0 Å². The van der Waals surface area contributed by atoms with Gasteiger partial charge >= 0.3 is 0 Å². The van der Waals surface area contributed by atoms with Crippen LogP contribution in [0.4, 0.5) is 0 Å². The second-order valence-electron chi connectivity index (χ2n) is 4.39. The molecule has 0 radical (unpaired) electrons. The van der Waals surface area contributed by atoms with E-state index in [2.05, 4.69) is 23.4 Å². The van der Waals surface area contributed by atoms with Crippen LogP contribution in [0.15, 0.2) is 12.1 Å². The lowest BCUT2D eigenvalue weighted by molar-refractivity contribution is 0.454. The van der Waals surface area contributed by atoms with Gasteiger partial charge in [-0.3, -0.25) is 0 Å². The van der Waals surface area contributed by atoms with Crippen molar-refractivity contribution in [1.82, 2.24) is 5.32 Å². The fraction of sp³-hybridized carbons (Fsp3) is 0.385. The average Bonchev–Trinajstić information content (AvgIpc) is 2.50. The van der Waals surface area contributed by atoms with Crippen molar-refractivity contribution in [3.63, 3.8) is 0 Å². The molecule has 1 aliphatic carbocycles. The molecule has 2 bridgehead atoms. The zero-order valence-electron chi connectivity index (χ0n) is 8.79. The van der Waals surface area contributed by atoms with Crippen LogP contribution in [0.3, 0.4) is 0 Å². The Bertz CT molecular complexity index is 462. The third-order valence-electron chi connectivity index (χ3n) is 3.56. The van der Waals surface area contributed by atoms with E-state index >= 15 is 0 Å². The highest BCUT2D eigenvalue weighted by Crippen LogP contribution is 2.45. The van der Waals surface area contributed by atoms with Gasteiger partial charge in [0.05, 0.1) is 5.02 Å². The second kappa shape index (κ2) is 4.30. The van der Waals surface area contributed by atoms with Gasteiger partial charge in [-0.15, -0.1) is 18.8 Å². The molecule has 2 aliphatic rings. The van der Waals surface area contributed by atoms with Gasteiger partial charge in [0.1, 0.15) is 0 Å². The second-order valence-corrected chi connectivity index (χ2v) is 4.80. The molecule has 1 saturated heterocycles. The largest absolute Gasteiger partial charge is 0.316 e. The first-order valence-corrected chi connectivity index (χ1v) is 5.68. The molecule has 0 saturated carbocycles. The Hall–Kier alpha value is -0.680. The molecule has 1 aromatic carbocycles. The van der Waals surface area contributed by atoms with Gasteiger partial charge in [-0.25, -0.2) is 0 Å². The minimum absolute atomic E-state index is 0. The van der Waals surface area contributed by atoms with Crippen LogP contribution < -0.4 is 5.32 Å². The number of halogens is 2. The number of nitrogens with one attached hydrogen (secondary N) is 1. The molecule has 1 heterocycles. The zero-order chi connectivity index (χ0) is 10.4. The molecule has 1 aliphatic heterocycles. The van der Waals surface area contributed by atoms with Crippen LogP contribution in [0, 0.1) is 12.3 Å². The van der Waals surface area contributed by atoms with Gasteiger partial charge in [0.2, 0.25) is 0 Å². The minimum atomic E-state index is 0. The van der Waals surface area contributed by atoms with Gasteiger partial charge < -0.3 is 5.32 Å².